The van der Waals surface area contributed by atoms with Crippen molar-refractivity contribution in [2.24, 2.45) is 0 Å². The molecule has 10 heteroatoms. The molecule has 1 aromatic carbocycles. The predicted octanol–water partition coefficient (Wildman–Crippen LogP) is 4.31. The van der Waals surface area contributed by atoms with Gasteiger partial charge in [-0.2, -0.15) is 13.2 Å². The van der Waals surface area contributed by atoms with Crippen LogP contribution in [0.5, 0.6) is 0 Å². The van der Waals surface area contributed by atoms with Crippen LogP contribution >= 0.6 is 11.3 Å². The third-order valence-electron chi connectivity index (χ3n) is 5.22. The summed E-state index contributed by atoms with van der Waals surface area (Å²) >= 11 is 1.29. The highest BCUT2D eigenvalue weighted by Crippen LogP contribution is 2.31. The highest BCUT2D eigenvalue weighted by molar-refractivity contribution is 7.13. The summed E-state index contributed by atoms with van der Waals surface area (Å²) in [6, 6.07) is 8.72. The third-order valence-corrected chi connectivity index (χ3v) is 6.16. The van der Waals surface area contributed by atoms with Gasteiger partial charge in [0, 0.05) is 36.8 Å². The number of ether oxygens (including phenoxy) is 1. The molecule has 3 aromatic rings. The van der Waals surface area contributed by atoms with E-state index in [-0.39, 0.29) is 18.4 Å². The van der Waals surface area contributed by atoms with Crippen molar-refractivity contribution >= 4 is 23.1 Å². The second kappa shape index (κ2) is 9.88. The monoisotopic (exact) mass is 476 g/mol. The number of nitrogens with zero attached hydrogens (tertiary/aromatic N) is 3. The highest BCUT2D eigenvalue weighted by atomic mass is 32.1. The van der Waals surface area contributed by atoms with Gasteiger partial charge in [-0.1, -0.05) is 18.2 Å². The molecule has 1 amide bonds. The lowest BCUT2D eigenvalue weighted by Gasteiger charge is -2.32. The maximum absolute atomic E-state index is 12.7. The topological polar surface area (TPSA) is 67.4 Å². The Bertz CT molecular complexity index is 1080. The zero-order chi connectivity index (χ0) is 23.4. The van der Waals surface area contributed by atoms with E-state index in [0.29, 0.717) is 29.4 Å². The first-order valence-corrected chi connectivity index (χ1v) is 11.4. The second-order valence-electron chi connectivity index (χ2n) is 7.82. The van der Waals surface area contributed by atoms with Gasteiger partial charge < -0.3 is 15.0 Å². The first-order valence-electron chi connectivity index (χ1n) is 10.5. The van der Waals surface area contributed by atoms with Gasteiger partial charge in [0.2, 0.25) is 5.91 Å². The van der Waals surface area contributed by atoms with Gasteiger partial charge in [0.1, 0.15) is 10.8 Å². The summed E-state index contributed by atoms with van der Waals surface area (Å²) in [5.74, 6) is 0.698. The van der Waals surface area contributed by atoms with E-state index in [1.54, 1.807) is 11.6 Å². The lowest BCUT2D eigenvalue weighted by molar-refractivity contribution is -0.137. The average molecular weight is 477 g/mol. The third kappa shape index (κ3) is 6.08. The summed E-state index contributed by atoms with van der Waals surface area (Å²) in [4.78, 5) is 23.4. The Kier molecular flexibility index (Phi) is 6.94. The van der Waals surface area contributed by atoms with E-state index in [4.69, 9.17) is 4.74 Å². The van der Waals surface area contributed by atoms with Crippen LogP contribution in [0.15, 0.2) is 48.0 Å². The van der Waals surface area contributed by atoms with E-state index in [9.17, 15) is 18.0 Å². The number of hydrogen-bond donors (Lipinski definition) is 1. The Morgan fingerprint density at radius 3 is 2.70 bits per heavy atom. The van der Waals surface area contributed by atoms with Crippen LogP contribution in [0, 0.1) is 0 Å². The fourth-order valence-corrected chi connectivity index (χ4v) is 4.31. The summed E-state index contributed by atoms with van der Waals surface area (Å²) in [7, 11) is 0. The Morgan fingerprint density at radius 1 is 1.24 bits per heavy atom. The molecule has 1 unspecified atom stereocenters. The molecule has 1 aliphatic rings. The van der Waals surface area contributed by atoms with Crippen LogP contribution in [0.25, 0.3) is 10.6 Å². The largest absolute Gasteiger partial charge is 0.416 e. The van der Waals surface area contributed by atoms with Crippen LogP contribution in [0.2, 0.25) is 0 Å². The minimum Gasteiger partial charge on any atom is -0.375 e. The van der Waals surface area contributed by atoms with Gasteiger partial charge >= 0.3 is 6.18 Å². The van der Waals surface area contributed by atoms with E-state index in [2.05, 4.69) is 20.2 Å². The van der Waals surface area contributed by atoms with Crippen molar-refractivity contribution in [3.63, 3.8) is 0 Å². The van der Waals surface area contributed by atoms with E-state index in [1.807, 2.05) is 19.1 Å². The molecule has 0 saturated carbocycles. The van der Waals surface area contributed by atoms with Crippen LogP contribution in [0.4, 0.5) is 19.0 Å². The molecule has 0 bridgehead atoms. The van der Waals surface area contributed by atoms with E-state index >= 15 is 0 Å². The molecule has 33 heavy (non-hydrogen) atoms. The number of amides is 1. The van der Waals surface area contributed by atoms with Gasteiger partial charge in [-0.25, -0.2) is 9.97 Å². The molecule has 0 spiro atoms. The molecule has 0 aliphatic carbocycles. The van der Waals surface area contributed by atoms with Gasteiger partial charge in [0.25, 0.3) is 0 Å². The predicted molar refractivity (Wildman–Crippen MR) is 120 cm³/mol. The minimum atomic E-state index is -4.37. The minimum absolute atomic E-state index is 0.0916. The van der Waals surface area contributed by atoms with Crippen LogP contribution in [-0.2, 0) is 28.7 Å². The van der Waals surface area contributed by atoms with Crippen LogP contribution in [0.1, 0.15) is 23.7 Å². The van der Waals surface area contributed by atoms with E-state index in [0.717, 1.165) is 36.6 Å². The lowest BCUT2D eigenvalue weighted by Crippen LogP contribution is -2.41. The molecule has 1 aliphatic heterocycles. The number of aromatic nitrogens is 2. The van der Waals surface area contributed by atoms with Crippen LogP contribution in [0.3, 0.4) is 0 Å². The molecule has 1 N–H and O–H groups in total. The maximum Gasteiger partial charge on any atom is 0.416 e. The second-order valence-corrected chi connectivity index (χ2v) is 8.68. The van der Waals surface area contributed by atoms with Crippen molar-refractivity contribution in [1.29, 1.82) is 0 Å². The number of pyridine rings is 1. The highest BCUT2D eigenvalue weighted by Gasteiger charge is 2.30. The van der Waals surface area contributed by atoms with Crippen LogP contribution < -0.4 is 10.2 Å². The van der Waals surface area contributed by atoms with Crippen LogP contribution in [-0.4, -0.2) is 41.7 Å². The van der Waals surface area contributed by atoms with Crippen molar-refractivity contribution in [3.05, 3.63) is 64.8 Å². The number of carbonyl (C=O) groups excluding carboxylic acids is 1. The van der Waals surface area contributed by atoms with Gasteiger partial charge in [0.15, 0.2) is 0 Å². The number of nitrogens with one attached hydrogen (secondary N) is 1. The summed E-state index contributed by atoms with van der Waals surface area (Å²) in [5.41, 5.74) is 1.34. The van der Waals surface area contributed by atoms with E-state index in [1.165, 1.54) is 23.5 Å². The fourth-order valence-electron chi connectivity index (χ4n) is 3.49. The number of carbonyl (C=O) groups is 1. The number of alkyl halides is 3. The number of halogens is 3. The first kappa shape index (κ1) is 23.2. The lowest BCUT2D eigenvalue weighted by atomic mass is 10.1. The summed E-state index contributed by atoms with van der Waals surface area (Å²) < 4.78 is 43.7. The standard InChI is InChI=1S/C23H23F3N4O2S/c1-15-13-30(8-9-32-15)20-7-2-16(11-27-20)12-28-21(31)10-19-14-33-22(29-19)17-3-5-18(6-4-17)23(24,25)26/h2-7,11,14-15H,8-10,12-13H2,1H3,(H,28,31). The Hall–Kier alpha value is -2.98. The summed E-state index contributed by atoms with van der Waals surface area (Å²) in [6.45, 7) is 4.66. The molecule has 4 rings (SSSR count). The maximum atomic E-state index is 12.7. The van der Waals surface area contributed by atoms with E-state index < -0.39 is 11.7 Å². The normalized spacial score (nSPS) is 16.6. The molecular formula is C23H23F3N4O2S. The summed E-state index contributed by atoms with van der Waals surface area (Å²) in [5, 5.41) is 5.17. The van der Waals surface area contributed by atoms with Gasteiger partial charge in [-0.05, 0) is 30.7 Å². The number of benzene rings is 1. The molecule has 1 atom stereocenters. The van der Waals surface area contributed by atoms with Crippen molar-refractivity contribution in [2.75, 3.05) is 24.6 Å². The van der Waals surface area contributed by atoms with Crippen molar-refractivity contribution in [2.45, 2.75) is 32.2 Å². The van der Waals surface area contributed by atoms with Gasteiger partial charge in [-0.3, -0.25) is 4.79 Å². The molecular weight excluding hydrogens is 453 g/mol. The number of rotatable bonds is 6. The Balaban J connectivity index is 1.28. The Labute approximate surface area is 193 Å². The smallest absolute Gasteiger partial charge is 0.375 e. The number of morpholine rings is 1. The molecule has 3 heterocycles. The molecule has 2 aromatic heterocycles. The molecule has 6 nitrogen and oxygen atoms in total. The quantitative estimate of drug-likeness (QED) is 0.575. The average Bonchev–Trinajstić information content (AvgIpc) is 3.26. The SMILES string of the molecule is CC1CN(c2ccc(CNC(=O)Cc3csc(-c4ccc(C(F)(F)F)cc4)n3)cn2)CCO1. The van der Waals surface area contributed by atoms with Crippen molar-refractivity contribution < 1.29 is 22.7 Å². The molecule has 1 fully saturated rings. The molecule has 1 saturated heterocycles. The summed E-state index contributed by atoms with van der Waals surface area (Å²) in [6.07, 6.45) is -2.36. The zero-order valence-electron chi connectivity index (χ0n) is 17.9. The van der Waals surface area contributed by atoms with Crippen molar-refractivity contribution in [3.8, 4) is 10.6 Å². The first-order chi connectivity index (χ1) is 15.8. The Morgan fingerprint density at radius 2 is 2.03 bits per heavy atom. The van der Waals surface area contributed by atoms with Crippen molar-refractivity contribution in [1.82, 2.24) is 15.3 Å². The fraction of sp³-hybridized carbons (Fsp3) is 0.348. The number of anilines is 1. The molecule has 174 valence electrons. The van der Waals surface area contributed by atoms with Gasteiger partial charge in [0.05, 0.1) is 30.4 Å². The molecule has 0 radical (unpaired) electrons. The zero-order valence-corrected chi connectivity index (χ0v) is 18.7. The number of hydrogen-bond acceptors (Lipinski definition) is 6. The number of thiazole rings is 1. The van der Waals surface area contributed by atoms with Gasteiger partial charge in [-0.15, -0.1) is 11.3 Å².